The predicted octanol–water partition coefficient (Wildman–Crippen LogP) is 7.46. The maximum Gasteiger partial charge on any atom is 0.308 e. The molecular weight excluding hydrogens is 476 g/mol. The standard InChI is InChI=1S/C33H52O5/c1-20(18-23(35)19-21(2)29(36)37-9)24-12-16-33(8)26-10-11-27-30(4,5)28(38-22(3)34)14-15-31(27,6)25(26)13-17-32(24,33)7/h20-21,24,27-28H,10-19H2,1-9H3/t20-,21?,24-,27?,28?,31-,32-,33+/m1/s1. The van der Waals surface area contributed by atoms with E-state index in [1.54, 1.807) is 25.0 Å². The molecule has 4 aliphatic carbocycles. The summed E-state index contributed by atoms with van der Waals surface area (Å²) in [6.45, 7) is 17.8. The molecule has 5 nitrogen and oxygen atoms in total. The summed E-state index contributed by atoms with van der Waals surface area (Å²) in [5.74, 6) is 0.697. The van der Waals surface area contributed by atoms with Crippen LogP contribution < -0.4 is 0 Å². The summed E-state index contributed by atoms with van der Waals surface area (Å²) in [5, 5.41) is 0. The average molecular weight is 529 g/mol. The molecule has 2 fully saturated rings. The van der Waals surface area contributed by atoms with E-state index in [2.05, 4.69) is 41.5 Å². The molecule has 0 amide bonds. The highest BCUT2D eigenvalue weighted by Crippen LogP contribution is 2.72. The Morgan fingerprint density at radius 2 is 1.58 bits per heavy atom. The Hall–Kier alpha value is -1.65. The summed E-state index contributed by atoms with van der Waals surface area (Å²) in [7, 11) is 1.39. The molecule has 0 heterocycles. The molecule has 38 heavy (non-hydrogen) atoms. The molecule has 214 valence electrons. The molecular formula is C33H52O5. The van der Waals surface area contributed by atoms with Gasteiger partial charge >= 0.3 is 11.9 Å². The van der Waals surface area contributed by atoms with Crippen LogP contribution in [0.15, 0.2) is 11.1 Å². The SMILES string of the molecule is COC(=O)C(C)CC(=O)C[C@@H](C)[C@H]1CC[C@@]2(C)C3=C(CC[C@]12C)[C@@]1(C)CCC(OC(C)=O)C(C)(C)C1CC3. The smallest absolute Gasteiger partial charge is 0.308 e. The number of Topliss-reactive ketones (excluding diaryl/α,β-unsaturated/α-hetero) is 1. The van der Waals surface area contributed by atoms with Gasteiger partial charge < -0.3 is 9.47 Å². The fraction of sp³-hybridized carbons (Fsp3) is 0.848. The molecule has 8 atom stereocenters. The van der Waals surface area contributed by atoms with E-state index in [4.69, 9.17) is 9.47 Å². The van der Waals surface area contributed by atoms with Gasteiger partial charge in [-0.05, 0) is 85.4 Å². The zero-order chi connectivity index (χ0) is 28.3. The quantitative estimate of drug-likeness (QED) is 0.253. The van der Waals surface area contributed by atoms with Crippen LogP contribution in [0.3, 0.4) is 0 Å². The highest BCUT2D eigenvalue weighted by molar-refractivity contribution is 5.84. The number of allylic oxidation sites excluding steroid dienone is 2. The summed E-state index contributed by atoms with van der Waals surface area (Å²) < 4.78 is 10.7. The molecule has 4 aliphatic rings. The number of ketones is 1. The molecule has 0 radical (unpaired) electrons. The molecule has 0 aromatic rings. The molecule has 2 saturated carbocycles. The second kappa shape index (κ2) is 10.1. The van der Waals surface area contributed by atoms with Crippen LogP contribution in [0.5, 0.6) is 0 Å². The lowest BCUT2D eigenvalue weighted by Crippen LogP contribution is -2.55. The van der Waals surface area contributed by atoms with E-state index in [1.807, 2.05) is 0 Å². The predicted molar refractivity (Wildman–Crippen MR) is 149 cm³/mol. The number of methoxy groups -OCH3 is 1. The molecule has 0 N–H and O–H groups in total. The molecule has 0 spiro atoms. The zero-order valence-electron chi connectivity index (χ0n) is 25.5. The number of fused-ring (bicyclic) bond motifs is 4. The Kier molecular flexibility index (Phi) is 7.78. The number of rotatable bonds is 7. The maximum atomic E-state index is 12.9. The van der Waals surface area contributed by atoms with Gasteiger partial charge in [0.15, 0.2) is 0 Å². The molecule has 4 rings (SSSR count). The Bertz CT molecular complexity index is 1010. The van der Waals surface area contributed by atoms with Crippen LogP contribution >= 0.6 is 0 Å². The first-order chi connectivity index (χ1) is 17.6. The van der Waals surface area contributed by atoms with E-state index in [0.29, 0.717) is 24.2 Å². The second-order valence-corrected chi connectivity index (χ2v) is 14.7. The van der Waals surface area contributed by atoms with Crippen LogP contribution in [0.1, 0.15) is 120 Å². The van der Waals surface area contributed by atoms with Crippen LogP contribution in [0.4, 0.5) is 0 Å². The van der Waals surface area contributed by atoms with Crippen molar-refractivity contribution in [1.82, 2.24) is 0 Å². The first kappa shape index (κ1) is 29.3. The summed E-state index contributed by atoms with van der Waals surface area (Å²) in [5.41, 5.74) is 3.95. The summed E-state index contributed by atoms with van der Waals surface area (Å²) in [6, 6.07) is 0. The molecule has 0 aromatic heterocycles. The van der Waals surface area contributed by atoms with Gasteiger partial charge in [0.25, 0.3) is 0 Å². The van der Waals surface area contributed by atoms with Crippen LogP contribution in [-0.2, 0) is 23.9 Å². The van der Waals surface area contributed by atoms with Crippen molar-refractivity contribution in [2.24, 2.45) is 45.3 Å². The van der Waals surface area contributed by atoms with Crippen LogP contribution in [-0.4, -0.2) is 30.9 Å². The Balaban J connectivity index is 1.56. The Morgan fingerprint density at radius 3 is 2.21 bits per heavy atom. The van der Waals surface area contributed by atoms with Gasteiger partial charge in [-0.25, -0.2) is 0 Å². The highest BCUT2D eigenvalue weighted by atomic mass is 16.5. The van der Waals surface area contributed by atoms with Crippen LogP contribution in [0.25, 0.3) is 0 Å². The number of hydrogen-bond donors (Lipinski definition) is 0. The summed E-state index contributed by atoms with van der Waals surface area (Å²) in [4.78, 5) is 36.6. The summed E-state index contributed by atoms with van der Waals surface area (Å²) in [6.07, 6.45) is 9.87. The van der Waals surface area contributed by atoms with E-state index in [1.165, 1.54) is 26.4 Å². The maximum absolute atomic E-state index is 12.9. The van der Waals surface area contributed by atoms with E-state index in [-0.39, 0.29) is 57.8 Å². The minimum atomic E-state index is -0.373. The fourth-order valence-corrected chi connectivity index (χ4v) is 10.2. The van der Waals surface area contributed by atoms with Gasteiger partial charge in [-0.15, -0.1) is 0 Å². The van der Waals surface area contributed by atoms with Crippen molar-refractivity contribution < 1.29 is 23.9 Å². The van der Waals surface area contributed by atoms with E-state index < -0.39 is 0 Å². The fourth-order valence-electron chi connectivity index (χ4n) is 10.2. The number of esters is 2. The highest BCUT2D eigenvalue weighted by Gasteiger charge is 2.63. The summed E-state index contributed by atoms with van der Waals surface area (Å²) >= 11 is 0. The van der Waals surface area contributed by atoms with Gasteiger partial charge in [-0.3, -0.25) is 14.4 Å². The van der Waals surface area contributed by atoms with Crippen molar-refractivity contribution in [1.29, 1.82) is 0 Å². The first-order valence-electron chi connectivity index (χ1n) is 15.1. The van der Waals surface area contributed by atoms with Crippen molar-refractivity contribution in [3.8, 4) is 0 Å². The van der Waals surface area contributed by atoms with Crippen molar-refractivity contribution in [3.05, 3.63) is 11.1 Å². The van der Waals surface area contributed by atoms with Crippen molar-refractivity contribution in [2.75, 3.05) is 7.11 Å². The average Bonchev–Trinajstić information content (AvgIpc) is 3.11. The first-order valence-corrected chi connectivity index (χ1v) is 15.1. The molecule has 3 unspecified atom stereocenters. The van der Waals surface area contributed by atoms with Gasteiger partial charge in [0.05, 0.1) is 13.0 Å². The zero-order valence-corrected chi connectivity index (χ0v) is 25.5. The van der Waals surface area contributed by atoms with Gasteiger partial charge in [-0.1, -0.05) is 59.6 Å². The van der Waals surface area contributed by atoms with E-state index in [0.717, 1.165) is 32.1 Å². The number of carbonyl (C=O) groups excluding carboxylic acids is 3. The number of carbonyl (C=O) groups is 3. The van der Waals surface area contributed by atoms with Crippen molar-refractivity contribution in [3.63, 3.8) is 0 Å². The normalized spacial score (nSPS) is 39.3. The molecule has 0 bridgehead atoms. The Morgan fingerprint density at radius 1 is 0.895 bits per heavy atom. The van der Waals surface area contributed by atoms with Gasteiger partial charge in [0, 0.05) is 25.2 Å². The third-order valence-corrected chi connectivity index (χ3v) is 12.4. The van der Waals surface area contributed by atoms with Crippen molar-refractivity contribution in [2.45, 2.75) is 126 Å². The third-order valence-electron chi connectivity index (χ3n) is 12.4. The third kappa shape index (κ3) is 4.48. The van der Waals surface area contributed by atoms with E-state index in [9.17, 15) is 14.4 Å². The van der Waals surface area contributed by atoms with Gasteiger partial charge in [0.2, 0.25) is 0 Å². The molecule has 5 heteroatoms. The second-order valence-electron chi connectivity index (χ2n) is 14.7. The van der Waals surface area contributed by atoms with Gasteiger partial charge in [0.1, 0.15) is 11.9 Å². The molecule has 0 aliphatic heterocycles. The minimum Gasteiger partial charge on any atom is -0.469 e. The van der Waals surface area contributed by atoms with Crippen LogP contribution in [0, 0.1) is 45.3 Å². The largest absolute Gasteiger partial charge is 0.469 e. The number of ether oxygens (including phenoxy) is 2. The van der Waals surface area contributed by atoms with Crippen LogP contribution in [0.2, 0.25) is 0 Å². The Labute approximate surface area is 230 Å². The lowest BCUT2D eigenvalue weighted by atomic mass is 9.43. The number of hydrogen-bond acceptors (Lipinski definition) is 5. The lowest BCUT2D eigenvalue weighted by molar-refractivity contribution is -0.167. The minimum absolute atomic E-state index is 0.000756. The van der Waals surface area contributed by atoms with Crippen molar-refractivity contribution >= 4 is 17.7 Å². The van der Waals surface area contributed by atoms with Gasteiger partial charge in [-0.2, -0.15) is 0 Å². The molecule has 0 saturated heterocycles. The lowest BCUT2D eigenvalue weighted by Gasteiger charge is -2.62. The van der Waals surface area contributed by atoms with E-state index >= 15 is 0 Å². The monoisotopic (exact) mass is 528 g/mol. The molecule has 0 aromatic carbocycles. The topological polar surface area (TPSA) is 69.7 Å².